The first-order valence-electron chi connectivity index (χ1n) is 8.58. The van der Waals surface area contributed by atoms with E-state index in [1.807, 2.05) is 0 Å². The van der Waals surface area contributed by atoms with Crippen molar-refractivity contribution in [1.29, 1.82) is 0 Å². The van der Waals surface area contributed by atoms with Crippen molar-refractivity contribution in [2.24, 2.45) is 5.92 Å². The maximum atomic E-state index is 6.38. The molecule has 0 aliphatic carbocycles. The van der Waals surface area contributed by atoms with Gasteiger partial charge in [-0.05, 0) is 48.7 Å². The molecular formula is C19H26N2O. The second kappa shape index (κ2) is 5.31. The highest BCUT2D eigenvalue weighted by Gasteiger charge is 2.41. The summed E-state index contributed by atoms with van der Waals surface area (Å²) in [6.45, 7) is 5.66. The fraction of sp³-hybridized carbons (Fsp3) is 0.579. The Kier molecular flexibility index (Phi) is 3.41. The van der Waals surface area contributed by atoms with Gasteiger partial charge in [-0.3, -0.25) is 0 Å². The molecule has 118 valence electrons. The summed E-state index contributed by atoms with van der Waals surface area (Å²) in [6.07, 6.45) is 6.88. The smallest absolute Gasteiger partial charge is 0.123 e. The molecule has 1 spiro atoms. The van der Waals surface area contributed by atoms with Crippen LogP contribution in [-0.4, -0.2) is 37.2 Å². The molecule has 0 bridgehead atoms. The van der Waals surface area contributed by atoms with Gasteiger partial charge in [-0.2, -0.15) is 0 Å². The molecule has 3 aliphatic rings. The zero-order chi connectivity index (χ0) is 15.2. The topological polar surface area (TPSA) is 24.5 Å². The third-order valence-electron chi connectivity index (χ3n) is 5.47. The molecule has 1 fully saturated rings. The van der Waals surface area contributed by atoms with Crippen LogP contribution >= 0.6 is 0 Å². The van der Waals surface area contributed by atoms with E-state index < -0.39 is 0 Å². The van der Waals surface area contributed by atoms with Crippen molar-refractivity contribution < 1.29 is 4.74 Å². The number of hydrogen-bond donors (Lipinski definition) is 1. The Bertz CT molecular complexity index is 599. The number of benzene rings is 1. The molecule has 1 unspecified atom stereocenters. The molecule has 0 saturated carbocycles. The molecule has 1 N–H and O–H groups in total. The van der Waals surface area contributed by atoms with Crippen LogP contribution in [0.25, 0.3) is 5.70 Å². The van der Waals surface area contributed by atoms with E-state index in [0.29, 0.717) is 0 Å². The Balaban J connectivity index is 1.55. The number of hydrogen-bond acceptors (Lipinski definition) is 3. The lowest BCUT2D eigenvalue weighted by atomic mass is 9.87. The van der Waals surface area contributed by atoms with Gasteiger partial charge in [0.05, 0.1) is 0 Å². The Labute approximate surface area is 133 Å². The predicted octanol–water partition coefficient (Wildman–Crippen LogP) is 3.06. The summed E-state index contributed by atoms with van der Waals surface area (Å²) in [5.74, 6) is 1.85. The van der Waals surface area contributed by atoms with Crippen LogP contribution in [0.2, 0.25) is 0 Å². The van der Waals surface area contributed by atoms with E-state index >= 15 is 0 Å². The molecule has 3 aliphatic heterocycles. The molecule has 3 heteroatoms. The first kappa shape index (κ1) is 14.1. The Morgan fingerprint density at radius 3 is 2.82 bits per heavy atom. The van der Waals surface area contributed by atoms with Gasteiger partial charge >= 0.3 is 0 Å². The average Bonchev–Trinajstić information content (AvgIpc) is 2.88. The molecule has 3 nitrogen and oxygen atoms in total. The molecule has 22 heavy (non-hydrogen) atoms. The Morgan fingerprint density at radius 2 is 2.09 bits per heavy atom. The maximum Gasteiger partial charge on any atom is 0.123 e. The maximum absolute atomic E-state index is 6.38. The van der Waals surface area contributed by atoms with Crippen molar-refractivity contribution >= 4 is 5.70 Å². The summed E-state index contributed by atoms with van der Waals surface area (Å²) < 4.78 is 6.38. The molecule has 0 aromatic heterocycles. The summed E-state index contributed by atoms with van der Waals surface area (Å²) >= 11 is 0. The van der Waals surface area contributed by atoms with Gasteiger partial charge in [0, 0.05) is 44.6 Å². The molecule has 0 radical (unpaired) electrons. The number of ether oxygens (including phenoxy) is 1. The number of nitrogens with one attached hydrogen (secondary N) is 1. The second-order valence-corrected chi connectivity index (χ2v) is 7.43. The van der Waals surface area contributed by atoms with E-state index in [2.05, 4.69) is 48.5 Å². The predicted molar refractivity (Wildman–Crippen MR) is 90.0 cm³/mol. The quantitative estimate of drug-likeness (QED) is 0.862. The third-order valence-corrected chi connectivity index (χ3v) is 5.47. The average molecular weight is 298 g/mol. The van der Waals surface area contributed by atoms with Crippen LogP contribution in [0.1, 0.15) is 37.3 Å². The van der Waals surface area contributed by atoms with Crippen molar-refractivity contribution in [3.05, 3.63) is 35.4 Å². The van der Waals surface area contributed by atoms with Gasteiger partial charge in [0.15, 0.2) is 0 Å². The number of nitrogens with zero attached hydrogens (tertiary/aromatic N) is 1. The van der Waals surface area contributed by atoms with Crippen LogP contribution in [0.3, 0.4) is 0 Å². The number of likely N-dealkylation sites (tertiary alicyclic amines) is 1. The monoisotopic (exact) mass is 298 g/mol. The zero-order valence-electron chi connectivity index (χ0n) is 13.7. The lowest BCUT2D eigenvalue weighted by Gasteiger charge is -2.37. The molecule has 1 saturated heterocycles. The van der Waals surface area contributed by atoms with Crippen LogP contribution in [0.15, 0.2) is 24.3 Å². The lowest BCUT2D eigenvalue weighted by Crippen LogP contribution is -2.45. The van der Waals surface area contributed by atoms with Crippen LogP contribution in [0, 0.1) is 5.92 Å². The lowest BCUT2D eigenvalue weighted by molar-refractivity contribution is 0.0271. The van der Waals surface area contributed by atoms with Gasteiger partial charge in [0.2, 0.25) is 0 Å². The van der Waals surface area contributed by atoms with E-state index in [1.165, 1.54) is 23.2 Å². The van der Waals surface area contributed by atoms with E-state index in [1.54, 1.807) is 0 Å². The first-order chi connectivity index (χ1) is 10.6. The summed E-state index contributed by atoms with van der Waals surface area (Å²) in [5, 5.41) is 3.57. The van der Waals surface area contributed by atoms with E-state index in [-0.39, 0.29) is 5.60 Å². The number of rotatable bonds is 1. The summed E-state index contributed by atoms with van der Waals surface area (Å²) in [4.78, 5) is 2.40. The van der Waals surface area contributed by atoms with Gasteiger partial charge in [-0.1, -0.05) is 13.0 Å². The third kappa shape index (κ3) is 2.52. The van der Waals surface area contributed by atoms with Gasteiger partial charge in [0.1, 0.15) is 11.4 Å². The zero-order valence-corrected chi connectivity index (χ0v) is 13.7. The molecule has 1 aromatic carbocycles. The van der Waals surface area contributed by atoms with E-state index in [0.717, 1.165) is 50.6 Å². The van der Waals surface area contributed by atoms with Crippen molar-refractivity contribution in [3.8, 4) is 5.75 Å². The van der Waals surface area contributed by atoms with Gasteiger partial charge in [0.25, 0.3) is 0 Å². The Morgan fingerprint density at radius 1 is 1.27 bits per heavy atom. The summed E-state index contributed by atoms with van der Waals surface area (Å²) in [5.41, 5.74) is 4.07. The minimum Gasteiger partial charge on any atom is -0.487 e. The van der Waals surface area contributed by atoms with Crippen molar-refractivity contribution in [2.45, 2.75) is 38.2 Å². The largest absolute Gasteiger partial charge is 0.487 e. The molecule has 4 rings (SSSR count). The van der Waals surface area contributed by atoms with Gasteiger partial charge in [-0.15, -0.1) is 0 Å². The number of allylic oxidation sites excluding steroid dienone is 1. The van der Waals surface area contributed by atoms with Crippen LogP contribution < -0.4 is 10.1 Å². The SMILES string of the molecule is CC1CC=C(c2ccc3c(c2)CC2(CCN(C)CC2)O3)NC1. The highest BCUT2D eigenvalue weighted by molar-refractivity contribution is 5.66. The molecule has 3 heterocycles. The second-order valence-electron chi connectivity index (χ2n) is 7.43. The van der Waals surface area contributed by atoms with Crippen LogP contribution in [-0.2, 0) is 6.42 Å². The summed E-state index contributed by atoms with van der Waals surface area (Å²) in [6, 6.07) is 6.73. The van der Waals surface area contributed by atoms with Crippen molar-refractivity contribution in [2.75, 3.05) is 26.7 Å². The fourth-order valence-electron chi connectivity index (χ4n) is 3.88. The van der Waals surface area contributed by atoms with E-state index in [4.69, 9.17) is 4.74 Å². The molecule has 1 atom stereocenters. The number of fused-ring (bicyclic) bond motifs is 1. The van der Waals surface area contributed by atoms with Crippen LogP contribution in [0.5, 0.6) is 5.75 Å². The normalized spacial score (nSPS) is 27.0. The molecular weight excluding hydrogens is 272 g/mol. The van der Waals surface area contributed by atoms with E-state index in [9.17, 15) is 0 Å². The van der Waals surface area contributed by atoms with Gasteiger partial charge in [-0.25, -0.2) is 0 Å². The van der Waals surface area contributed by atoms with Crippen molar-refractivity contribution in [3.63, 3.8) is 0 Å². The Hall–Kier alpha value is -1.48. The van der Waals surface area contributed by atoms with Crippen LogP contribution in [0.4, 0.5) is 0 Å². The van der Waals surface area contributed by atoms with Crippen molar-refractivity contribution in [1.82, 2.24) is 10.2 Å². The highest BCUT2D eigenvalue weighted by Crippen LogP contribution is 2.41. The van der Waals surface area contributed by atoms with Gasteiger partial charge < -0.3 is 15.0 Å². The molecule has 1 aromatic rings. The minimum atomic E-state index is 0.0658. The highest BCUT2D eigenvalue weighted by atomic mass is 16.5. The summed E-state index contributed by atoms with van der Waals surface area (Å²) in [7, 11) is 2.20. The molecule has 0 amide bonds. The first-order valence-corrected chi connectivity index (χ1v) is 8.58. The minimum absolute atomic E-state index is 0.0658. The standard InChI is InChI=1S/C19H26N2O/c1-14-3-5-17(20-13-14)15-4-6-18-16(11-15)12-19(22-18)7-9-21(2)10-8-19/h4-6,11,14,20H,3,7-10,12-13H2,1-2H3. The number of piperidine rings is 1. The fourth-order valence-corrected chi connectivity index (χ4v) is 3.88.